The first kappa shape index (κ1) is 46.1. The largest absolute Gasteiger partial charge is 0.310 e. The van der Waals surface area contributed by atoms with Crippen molar-refractivity contribution in [2.75, 3.05) is 4.90 Å². The zero-order chi connectivity index (χ0) is 52.8. The maximum absolute atomic E-state index is 2.56. The molecule has 0 N–H and O–H groups in total. The van der Waals surface area contributed by atoms with Crippen LogP contribution in [0.1, 0.15) is 66.8 Å². The fraction of sp³-hybridized carbons (Fsp3) is 0.0380. The van der Waals surface area contributed by atoms with Gasteiger partial charge in [-0.3, -0.25) is 0 Å². The predicted molar refractivity (Wildman–Crippen MR) is 331 cm³/mol. The molecule has 1 nitrogen and oxygen atoms in total. The molecule has 0 spiro atoms. The Labute approximate surface area is 468 Å². The van der Waals surface area contributed by atoms with E-state index in [-0.39, 0.29) is 0 Å². The number of nitrogens with zero attached hydrogens (tertiary/aromatic N) is 1. The lowest BCUT2D eigenvalue weighted by Gasteiger charge is -2.36. The van der Waals surface area contributed by atoms with Gasteiger partial charge in [-0.25, -0.2) is 0 Å². The Morgan fingerprint density at radius 1 is 0.175 bits per heavy atom. The van der Waals surface area contributed by atoms with E-state index in [0.717, 1.165) is 17.1 Å². The second kappa shape index (κ2) is 18.0. The number of hydrogen-bond donors (Lipinski definition) is 0. The zero-order valence-electron chi connectivity index (χ0n) is 44.0. The van der Waals surface area contributed by atoms with Gasteiger partial charge in [0.2, 0.25) is 0 Å². The monoisotopic (exact) mass is 1020 g/mol. The molecule has 0 heterocycles. The smallest absolute Gasteiger partial charge is 0.0714 e. The number of hydrogen-bond acceptors (Lipinski definition) is 1. The lowest BCUT2D eigenvalue weighted by atomic mass is 9.67. The Hall–Kier alpha value is -10.1. The van der Waals surface area contributed by atoms with E-state index in [0.29, 0.717) is 0 Å². The van der Waals surface area contributed by atoms with E-state index < -0.39 is 16.2 Å². The molecule has 80 heavy (non-hydrogen) atoms. The van der Waals surface area contributed by atoms with Crippen molar-refractivity contribution in [2.24, 2.45) is 0 Å². The molecule has 0 bridgehead atoms. The highest BCUT2D eigenvalue weighted by atomic mass is 15.1. The molecule has 0 fully saturated rings. The standard InChI is InChI=1S/C79H53N/c1-7-27-56(28-8-1)77(57-29-9-2-10-30-57)71-41-23-21-39-65(71)67-46-43-62(51-74(67)77)80(63-44-47-68-66-40-22-24-42-72(66)78(75(68)52-63,58-31-11-3-12-32-58)59-33-13-4-14-34-59)64-45-48-69-70-49-54-25-19-20-26-55(54)50-73(70)79(76(69)53-64,60-35-15-5-16-36-60)61-37-17-6-18-38-61/h1-53H. The van der Waals surface area contributed by atoms with Crippen molar-refractivity contribution in [1.29, 1.82) is 0 Å². The summed E-state index contributed by atoms with van der Waals surface area (Å²) in [4.78, 5) is 2.56. The van der Waals surface area contributed by atoms with Crippen LogP contribution in [0.5, 0.6) is 0 Å². The molecule has 13 aromatic carbocycles. The molecule has 0 unspecified atom stereocenters. The summed E-state index contributed by atoms with van der Waals surface area (Å²) in [5, 5.41) is 2.47. The molecule has 0 saturated carbocycles. The second-order valence-corrected chi connectivity index (χ2v) is 21.8. The first-order valence-electron chi connectivity index (χ1n) is 28.0. The molecule has 16 rings (SSSR count). The van der Waals surface area contributed by atoms with Gasteiger partial charge in [-0.2, -0.15) is 0 Å². The molecule has 0 saturated heterocycles. The van der Waals surface area contributed by atoms with Gasteiger partial charge in [-0.1, -0.05) is 273 Å². The molecule has 0 amide bonds. The Morgan fingerprint density at radius 2 is 0.425 bits per heavy atom. The number of rotatable bonds is 9. The van der Waals surface area contributed by atoms with Gasteiger partial charge in [-0.15, -0.1) is 0 Å². The summed E-state index contributed by atoms with van der Waals surface area (Å²) in [6.07, 6.45) is 0. The van der Waals surface area contributed by atoms with Crippen LogP contribution in [0, 0.1) is 0 Å². The van der Waals surface area contributed by atoms with E-state index in [9.17, 15) is 0 Å². The van der Waals surface area contributed by atoms with Gasteiger partial charge in [-0.05, 0) is 159 Å². The van der Waals surface area contributed by atoms with E-state index >= 15 is 0 Å². The van der Waals surface area contributed by atoms with E-state index in [1.807, 2.05) is 0 Å². The molecule has 13 aromatic rings. The summed E-state index contributed by atoms with van der Waals surface area (Å²) in [6.45, 7) is 0. The van der Waals surface area contributed by atoms with Crippen LogP contribution in [0.2, 0.25) is 0 Å². The Bertz CT molecular complexity index is 4210. The summed E-state index contributed by atoms with van der Waals surface area (Å²) >= 11 is 0. The Balaban J connectivity index is 1.01. The van der Waals surface area contributed by atoms with Crippen molar-refractivity contribution in [3.63, 3.8) is 0 Å². The molecular weight excluding hydrogens is 963 g/mol. The third-order valence-corrected chi connectivity index (χ3v) is 18.1. The summed E-state index contributed by atoms with van der Waals surface area (Å²) in [7, 11) is 0. The molecular formula is C79H53N. The summed E-state index contributed by atoms with van der Waals surface area (Å²) < 4.78 is 0. The van der Waals surface area contributed by atoms with Crippen LogP contribution in [0.3, 0.4) is 0 Å². The topological polar surface area (TPSA) is 3.24 Å². The Kier molecular flexibility index (Phi) is 10.4. The fourth-order valence-electron chi connectivity index (χ4n) is 14.9. The molecule has 3 aliphatic carbocycles. The van der Waals surface area contributed by atoms with Crippen molar-refractivity contribution in [1.82, 2.24) is 0 Å². The normalized spacial score (nSPS) is 14.3. The zero-order valence-corrected chi connectivity index (χ0v) is 44.0. The minimum Gasteiger partial charge on any atom is -0.310 e. The van der Waals surface area contributed by atoms with Gasteiger partial charge in [0, 0.05) is 17.1 Å². The average molecular weight is 1020 g/mol. The quantitative estimate of drug-likeness (QED) is 0.139. The number of anilines is 3. The van der Waals surface area contributed by atoms with Gasteiger partial charge in [0.05, 0.1) is 16.2 Å². The van der Waals surface area contributed by atoms with Crippen LogP contribution >= 0.6 is 0 Å². The van der Waals surface area contributed by atoms with Crippen molar-refractivity contribution in [3.05, 3.63) is 388 Å². The summed E-state index contributed by atoms with van der Waals surface area (Å²) in [6, 6.07) is 121. The molecule has 0 aliphatic heterocycles. The Morgan fingerprint density at radius 3 is 0.775 bits per heavy atom. The fourth-order valence-corrected chi connectivity index (χ4v) is 14.9. The molecule has 1 heteroatoms. The van der Waals surface area contributed by atoms with Gasteiger partial charge < -0.3 is 4.90 Å². The van der Waals surface area contributed by atoms with Crippen LogP contribution < -0.4 is 4.90 Å². The van der Waals surface area contributed by atoms with Gasteiger partial charge in [0.15, 0.2) is 0 Å². The number of benzene rings is 13. The summed E-state index contributed by atoms with van der Waals surface area (Å²) in [5.74, 6) is 0. The highest BCUT2D eigenvalue weighted by molar-refractivity contribution is 5.98. The van der Waals surface area contributed by atoms with Gasteiger partial charge >= 0.3 is 0 Å². The van der Waals surface area contributed by atoms with Gasteiger partial charge in [0.1, 0.15) is 0 Å². The maximum atomic E-state index is 2.56. The molecule has 0 atom stereocenters. The summed E-state index contributed by atoms with van der Waals surface area (Å²) in [5.41, 5.74) is 24.1. The first-order chi connectivity index (χ1) is 39.7. The molecule has 0 radical (unpaired) electrons. The van der Waals surface area contributed by atoms with Crippen LogP contribution in [-0.4, -0.2) is 0 Å². The SMILES string of the molecule is c1ccc(C2(c3ccccc3)c3ccccc3-c3ccc(N(c4ccc5c(c4)C(c4ccccc4)(c4ccccc4)c4ccccc4-5)c4ccc5c(c4)C(c4ccccc4)(c4ccccc4)c4cc6ccccc6cc4-5)cc32)cc1. The minimum absolute atomic E-state index is 0.594. The van der Waals surface area contributed by atoms with E-state index in [2.05, 4.69) is 326 Å². The minimum atomic E-state index is -0.635. The van der Waals surface area contributed by atoms with Crippen molar-refractivity contribution >= 4 is 27.8 Å². The third kappa shape index (κ3) is 6.40. The predicted octanol–water partition coefficient (Wildman–Crippen LogP) is 19.4. The molecule has 374 valence electrons. The van der Waals surface area contributed by atoms with Gasteiger partial charge in [0.25, 0.3) is 0 Å². The van der Waals surface area contributed by atoms with Crippen molar-refractivity contribution in [2.45, 2.75) is 16.2 Å². The van der Waals surface area contributed by atoms with E-state index in [1.165, 1.54) is 111 Å². The average Bonchev–Trinajstić information content (AvgIpc) is 4.25. The number of fused-ring (bicyclic) bond motifs is 10. The molecule has 3 aliphatic rings. The van der Waals surface area contributed by atoms with E-state index in [1.54, 1.807) is 0 Å². The first-order valence-corrected chi connectivity index (χ1v) is 28.0. The lowest BCUT2D eigenvalue weighted by molar-refractivity contribution is 0.767. The van der Waals surface area contributed by atoms with Crippen molar-refractivity contribution in [3.8, 4) is 33.4 Å². The van der Waals surface area contributed by atoms with Crippen LogP contribution in [-0.2, 0) is 16.2 Å². The highest BCUT2D eigenvalue weighted by Crippen LogP contribution is 2.62. The maximum Gasteiger partial charge on any atom is 0.0714 e. The van der Waals surface area contributed by atoms with E-state index in [4.69, 9.17) is 0 Å². The third-order valence-electron chi connectivity index (χ3n) is 18.1. The second-order valence-electron chi connectivity index (χ2n) is 21.8. The van der Waals surface area contributed by atoms with Crippen LogP contribution in [0.25, 0.3) is 44.2 Å². The lowest BCUT2D eigenvalue weighted by Crippen LogP contribution is -2.29. The van der Waals surface area contributed by atoms with Crippen molar-refractivity contribution < 1.29 is 0 Å². The van der Waals surface area contributed by atoms with Crippen LogP contribution in [0.15, 0.2) is 322 Å². The highest BCUT2D eigenvalue weighted by Gasteiger charge is 2.50. The molecule has 0 aromatic heterocycles. The van der Waals surface area contributed by atoms with Crippen LogP contribution in [0.4, 0.5) is 17.1 Å².